The van der Waals surface area contributed by atoms with E-state index in [1.165, 1.54) is 0 Å². The smallest absolute Gasteiger partial charge is 0.147 e. The van der Waals surface area contributed by atoms with Crippen molar-refractivity contribution in [1.29, 1.82) is 0 Å². The van der Waals surface area contributed by atoms with Crippen LogP contribution in [0.1, 0.15) is 30.8 Å². The molecule has 0 saturated heterocycles. The first-order valence-electron chi connectivity index (χ1n) is 6.88. The van der Waals surface area contributed by atoms with Gasteiger partial charge in [0.05, 0.1) is 0 Å². The zero-order chi connectivity index (χ0) is 14.5. The van der Waals surface area contributed by atoms with E-state index in [0.717, 1.165) is 45.6 Å². The van der Waals surface area contributed by atoms with E-state index in [0.29, 0.717) is 6.04 Å². The predicted molar refractivity (Wildman–Crippen MR) is 86.6 cm³/mol. The molecule has 0 amide bonds. The lowest BCUT2D eigenvalue weighted by atomic mass is 10.1. The monoisotopic (exact) mass is 309 g/mol. The maximum absolute atomic E-state index is 6.09. The lowest BCUT2D eigenvalue weighted by Gasteiger charge is -2.05. The van der Waals surface area contributed by atoms with Gasteiger partial charge in [-0.05, 0) is 43.7 Å². The van der Waals surface area contributed by atoms with E-state index in [1.54, 1.807) is 11.3 Å². The topological polar surface area (TPSA) is 37.8 Å². The third-order valence-corrected chi connectivity index (χ3v) is 4.13. The van der Waals surface area contributed by atoms with Crippen LogP contribution in [0.2, 0.25) is 5.02 Å². The fraction of sp³-hybridized carbons (Fsp3) is 0.467. The van der Waals surface area contributed by atoms with Gasteiger partial charge in [0.15, 0.2) is 0 Å². The minimum atomic E-state index is 0.536. The number of benzene rings is 1. The van der Waals surface area contributed by atoms with Crippen LogP contribution in [0.25, 0.3) is 10.6 Å². The number of hydrogen-bond acceptors (Lipinski definition) is 4. The van der Waals surface area contributed by atoms with Crippen LogP contribution in [0.4, 0.5) is 0 Å². The number of hydrogen-bond donors (Lipinski definition) is 1. The second-order valence-electron chi connectivity index (χ2n) is 5.23. The van der Waals surface area contributed by atoms with E-state index in [-0.39, 0.29) is 0 Å². The van der Waals surface area contributed by atoms with Gasteiger partial charge in [0, 0.05) is 23.0 Å². The molecule has 0 fully saturated rings. The van der Waals surface area contributed by atoms with Gasteiger partial charge in [0.2, 0.25) is 0 Å². The highest BCUT2D eigenvalue weighted by atomic mass is 35.5. The second kappa shape index (κ2) is 7.16. The molecule has 0 radical (unpaired) electrons. The Kier molecular flexibility index (Phi) is 5.52. The number of aryl methyl sites for hydroxylation is 2. The quantitative estimate of drug-likeness (QED) is 0.816. The van der Waals surface area contributed by atoms with Crippen LogP contribution in [-0.4, -0.2) is 22.8 Å². The van der Waals surface area contributed by atoms with Crippen molar-refractivity contribution < 1.29 is 0 Å². The summed E-state index contributed by atoms with van der Waals surface area (Å²) in [7, 11) is 0. The number of aromatic nitrogens is 2. The minimum Gasteiger partial charge on any atom is -0.315 e. The molecule has 2 aromatic rings. The molecule has 3 nitrogen and oxygen atoms in total. The molecule has 1 aromatic carbocycles. The highest BCUT2D eigenvalue weighted by molar-refractivity contribution is 7.14. The SMILES string of the molecule is Cc1cc(Cl)cc(-c2nnc(CCCNC(C)C)s2)c1. The number of nitrogens with zero attached hydrogens (tertiary/aromatic N) is 2. The molecule has 0 aliphatic carbocycles. The third kappa shape index (κ3) is 4.54. The zero-order valence-electron chi connectivity index (χ0n) is 12.1. The van der Waals surface area contributed by atoms with Crippen molar-refractivity contribution >= 4 is 22.9 Å². The van der Waals surface area contributed by atoms with E-state index in [4.69, 9.17) is 11.6 Å². The van der Waals surface area contributed by atoms with Crippen molar-refractivity contribution in [2.45, 2.75) is 39.7 Å². The second-order valence-corrected chi connectivity index (χ2v) is 6.73. The normalized spacial score (nSPS) is 11.2. The van der Waals surface area contributed by atoms with E-state index >= 15 is 0 Å². The molecule has 5 heteroatoms. The molecular weight excluding hydrogens is 290 g/mol. The first kappa shape index (κ1) is 15.4. The Labute approximate surface area is 129 Å². The predicted octanol–water partition coefficient (Wildman–Crippen LogP) is 4.10. The van der Waals surface area contributed by atoms with E-state index in [2.05, 4.69) is 35.4 Å². The largest absolute Gasteiger partial charge is 0.315 e. The molecule has 0 saturated carbocycles. The lowest BCUT2D eigenvalue weighted by molar-refractivity contribution is 0.569. The van der Waals surface area contributed by atoms with E-state index < -0.39 is 0 Å². The molecule has 1 aromatic heterocycles. The molecular formula is C15H20ClN3S. The number of halogens is 1. The molecule has 0 aliphatic heterocycles. The standard InChI is InChI=1S/C15H20ClN3S/c1-10(2)17-6-4-5-14-18-19-15(20-14)12-7-11(3)8-13(16)9-12/h7-10,17H,4-6H2,1-3H3. The maximum Gasteiger partial charge on any atom is 0.147 e. The van der Waals surface area contributed by atoms with Gasteiger partial charge in [-0.25, -0.2) is 0 Å². The van der Waals surface area contributed by atoms with Gasteiger partial charge in [-0.1, -0.05) is 36.8 Å². The van der Waals surface area contributed by atoms with E-state index in [1.807, 2.05) is 19.1 Å². The fourth-order valence-electron chi connectivity index (χ4n) is 1.96. The highest BCUT2D eigenvalue weighted by Crippen LogP contribution is 2.27. The Hall–Kier alpha value is -0.970. The van der Waals surface area contributed by atoms with Crippen LogP contribution in [0.3, 0.4) is 0 Å². The summed E-state index contributed by atoms with van der Waals surface area (Å²) in [6, 6.07) is 6.52. The van der Waals surface area contributed by atoms with Gasteiger partial charge in [0.25, 0.3) is 0 Å². The first-order chi connectivity index (χ1) is 9.54. The van der Waals surface area contributed by atoms with Crippen molar-refractivity contribution in [3.05, 3.63) is 33.8 Å². The van der Waals surface area contributed by atoms with Crippen molar-refractivity contribution in [2.24, 2.45) is 0 Å². The molecule has 2 rings (SSSR count). The van der Waals surface area contributed by atoms with Crippen LogP contribution >= 0.6 is 22.9 Å². The van der Waals surface area contributed by atoms with Crippen LogP contribution in [0, 0.1) is 6.92 Å². The average Bonchev–Trinajstić information content (AvgIpc) is 2.82. The summed E-state index contributed by atoms with van der Waals surface area (Å²) in [5.74, 6) is 0. The highest BCUT2D eigenvalue weighted by Gasteiger charge is 2.08. The lowest BCUT2D eigenvalue weighted by Crippen LogP contribution is -2.23. The molecule has 0 unspecified atom stereocenters. The Morgan fingerprint density at radius 2 is 2.05 bits per heavy atom. The number of rotatable bonds is 6. The van der Waals surface area contributed by atoms with Crippen LogP contribution in [0.5, 0.6) is 0 Å². The van der Waals surface area contributed by atoms with Crippen LogP contribution in [0.15, 0.2) is 18.2 Å². The molecule has 0 atom stereocenters. The van der Waals surface area contributed by atoms with Gasteiger partial charge in [-0.15, -0.1) is 10.2 Å². The van der Waals surface area contributed by atoms with Gasteiger partial charge in [-0.2, -0.15) is 0 Å². The van der Waals surface area contributed by atoms with Gasteiger partial charge in [0.1, 0.15) is 10.0 Å². The Morgan fingerprint density at radius 1 is 1.25 bits per heavy atom. The molecule has 1 N–H and O–H groups in total. The van der Waals surface area contributed by atoms with Gasteiger partial charge >= 0.3 is 0 Å². The summed E-state index contributed by atoms with van der Waals surface area (Å²) >= 11 is 7.74. The molecule has 0 aliphatic rings. The van der Waals surface area contributed by atoms with Gasteiger partial charge in [-0.3, -0.25) is 0 Å². The summed E-state index contributed by atoms with van der Waals surface area (Å²) < 4.78 is 0. The van der Waals surface area contributed by atoms with E-state index in [9.17, 15) is 0 Å². The summed E-state index contributed by atoms with van der Waals surface area (Å²) in [6.45, 7) is 7.37. The zero-order valence-corrected chi connectivity index (χ0v) is 13.7. The van der Waals surface area contributed by atoms with Gasteiger partial charge < -0.3 is 5.32 Å². The molecule has 108 valence electrons. The summed E-state index contributed by atoms with van der Waals surface area (Å²) in [4.78, 5) is 0. The first-order valence-corrected chi connectivity index (χ1v) is 8.07. The third-order valence-electron chi connectivity index (χ3n) is 2.88. The Balaban J connectivity index is 1.98. The molecule has 1 heterocycles. The molecule has 0 spiro atoms. The van der Waals surface area contributed by atoms with Crippen molar-refractivity contribution in [3.63, 3.8) is 0 Å². The summed E-state index contributed by atoms with van der Waals surface area (Å²) in [5.41, 5.74) is 2.20. The summed E-state index contributed by atoms with van der Waals surface area (Å²) in [6.07, 6.45) is 2.05. The van der Waals surface area contributed by atoms with Crippen LogP contribution in [-0.2, 0) is 6.42 Å². The fourth-order valence-corrected chi connectivity index (χ4v) is 3.12. The Bertz CT molecular complexity index is 546. The molecule has 20 heavy (non-hydrogen) atoms. The summed E-state index contributed by atoms with van der Waals surface area (Å²) in [5, 5.41) is 14.7. The van der Waals surface area contributed by atoms with Crippen LogP contribution < -0.4 is 5.32 Å². The average molecular weight is 310 g/mol. The number of nitrogens with one attached hydrogen (secondary N) is 1. The maximum atomic E-state index is 6.09. The molecule has 0 bridgehead atoms. The van der Waals surface area contributed by atoms with Crippen molar-refractivity contribution in [2.75, 3.05) is 6.54 Å². The minimum absolute atomic E-state index is 0.536. The Morgan fingerprint density at radius 3 is 2.75 bits per heavy atom. The van der Waals surface area contributed by atoms with Crippen molar-refractivity contribution in [3.8, 4) is 10.6 Å². The van der Waals surface area contributed by atoms with Crippen molar-refractivity contribution in [1.82, 2.24) is 15.5 Å².